The zero-order valence-electron chi connectivity index (χ0n) is 19.3. The summed E-state index contributed by atoms with van der Waals surface area (Å²) in [6.45, 7) is 5.30. The molecule has 0 saturated carbocycles. The molecule has 5 rings (SSSR count). The van der Waals surface area contributed by atoms with E-state index in [1.807, 2.05) is 54.8 Å². The summed E-state index contributed by atoms with van der Waals surface area (Å²) in [5.74, 6) is 0.543. The average Bonchev–Trinajstić information content (AvgIpc) is 3.45. The molecule has 0 bridgehead atoms. The minimum absolute atomic E-state index is 0.159. The van der Waals surface area contributed by atoms with E-state index in [0.29, 0.717) is 17.1 Å². The Kier molecular flexibility index (Phi) is 5.16. The molecule has 0 radical (unpaired) electrons. The van der Waals surface area contributed by atoms with Crippen LogP contribution in [-0.4, -0.2) is 46.1 Å². The van der Waals surface area contributed by atoms with Crippen molar-refractivity contribution in [3.8, 4) is 17.2 Å². The molecule has 1 atom stereocenters. The fourth-order valence-corrected chi connectivity index (χ4v) is 4.72. The van der Waals surface area contributed by atoms with E-state index in [4.69, 9.17) is 9.47 Å². The SMILES string of the molecule is Cc1cc(C(=O)CN2C(=O)N[C@@](C)(Cc3ccc4c(c3)OCO4)C2=O)c(C)n1-c1ccccc1. The molecular weight excluding hydrogens is 434 g/mol. The van der Waals surface area contributed by atoms with Gasteiger partial charge in [-0.15, -0.1) is 0 Å². The monoisotopic (exact) mass is 459 g/mol. The standard InChI is InChI=1S/C26H25N3O5/c1-16-11-20(17(2)29(16)19-7-5-4-6-8-19)21(30)14-28-24(31)26(3,27-25(28)32)13-18-9-10-22-23(12-18)34-15-33-22/h4-12H,13-15H2,1-3H3,(H,27,32)/t26-/m0/s1. The number of fused-ring (bicyclic) bond motifs is 1. The quantitative estimate of drug-likeness (QED) is 0.450. The summed E-state index contributed by atoms with van der Waals surface area (Å²) in [4.78, 5) is 40.2. The Morgan fingerprint density at radius 1 is 1.03 bits per heavy atom. The van der Waals surface area contributed by atoms with E-state index in [0.717, 1.165) is 27.5 Å². The number of aryl methyl sites for hydroxylation is 1. The summed E-state index contributed by atoms with van der Waals surface area (Å²) in [5, 5.41) is 2.77. The van der Waals surface area contributed by atoms with Crippen molar-refractivity contribution in [2.24, 2.45) is 0 Å². The van der Waals surface area contributed by atoms with E-state index >= 15 is 0 Å². The van der Waals surface area contributed by atoms with Crippen LogP contribution in [0.5, 0.6) is 11.5 Å². The third-order valence-corrected chi connectivity index (χ3v) is 6.39. The van der Waals surface area contributed by atoms with Gasteiger partial charge in [0.2, 0.25) is 6.79 Å². The number of carbonyl (C=O) groups excluding carboxylic acids is 3. The highest BCUT2D eigenvalue weighted by atomic mass is 16.7. The molecule has 1 N–H and O–H groups in total. The molecule has 1 saturated heterocycles. The van der Waals surface area contributed by atoms with Gasteiger partial charge in [0.1, 0.15) is 5.54 Å². The van der Waals surface area contributed by atoms with Crippen LogP contribution in [0.25, 0.3) is 5.69 Å². The number of amides is 3. The Morgan fingerprint density at radius 2 is 1.76 bits per heavy atom. The van der Waals surface area contributed by atoms with Gasteiger partial charge in [-0.05, 0) is 56.7 Å². The lowest BCUT2D eigenvalue weighted by atomic mass is 9.92. The summed E-state index contributed by atoms with van der Waals surface area (Å²) in [6, 6.07) is 16.4. The number of nitrogens with zero attached hydrogens (tertiary/aromatic N) is 2. The molecule has 34 heavy (non-hydrogen) atoms. The van der Waals surface area contributed by atoms with E-state index in [2.05, 4.69) is 5.32 Å². The van der Waals surface area contributed by atoms with E-state index in [-0.39, 0.29) is 25.5 Å². The first-order chi connectivity index (χ1) is 16.3. The second-order valence-corrected chi connectivity index (χ2v) is 8.90. The smallest absolute Gasteiger partial charge is 0.325 e. The van der Waals surface area contributed by atoms with Crippen molar-refractivity contribution in [2.75, 3.05) is 13.3 Å². The predicted molar refractivity (Wildman–Crippen MR) is 124 cm³/mol. The molecule has 174 valence electrons. The number of benzene rings is 2. The number of para-hydroxylation sites is 1. The third kappa shape index (κ3) is 3.61. The molecular formula is C26H25N3O5. The second kappa shape index (κ2) is 8.06. The first kappa shape index (κ1) is 21.8. The summed E-state index contributed by atoms with van der Waals surface area (Å²) in [5.41, 5.74) is 2.77. The zero-order chi connectivity index (χ0) is 24.0. The molecule has 0 unspecified atom stereocenters. The molecule has 8 nitrogen and oxygen atoms in total. The Bertz CT molecular complexity index is 1310. The van der Waals surface area contributed by atoms with Crippen molar-refractivity contribution in [1.82, 2.24) is 14.8 Å². The number of ketones is 1. The van der Waals surface area contributed by atoms with E-state index < -0.39 is 17.5 Å². The topological polar surface area (TPSA) is 89.9 Å². The van der Waals surface area contributed by atoms with E-state index in [1.54, 1.807) is 25.1 Å². The van der Waals surface area contributed by atoms with Gasteiger partial charge in [0.25, 0.3) is 5.91 Å². The third-order valence-electron chi connectivity index (χ3n) is 6.39. The Morgan fingerprint density at radius 3 is 2.53 bits per heavy atom. The fourth-order valence-electron chi connectivity index (χ4n) is 4.72. The molecule has 1 fully saturated rings. The molecule has 2 aliphatic heterocycles. The highest BCUT2D eigenvalue weighted by Crippen LogP contribution is 2.34. The van der Waals surface area contributed by atoms with Crippen LogP contribution in [0.1, 0.15) is 34.2 Å². The zero-order valence-corrected chi connectivity index (χ0v) is 19.3. The number of hydrogen-bond donors (Lipinski definition) is 1. The van der Waals surface area contributed by atoms with Crippen molar-refractivity contribution < 1.29 is 23.9 Å². The van der Waals surface area contributed by atoms with Crippen LogP contribution in [0.3, 0.4) is 0 Å². The Labute approximate surface area is 197 Å². The van der Waals surface area contributed by atoms with Crippen LogP contribution in [0.4, 0.5) is 4.79 Å². The van der Waals surface area contributed by atoms with Crippen molar-refractivity contribution >= 4 is 17.7 Å². The summed E-state index contributed by atoms with van der Waals surface area (Å²) < 4.78 is 12.7. The van der Waals surface area contributed by atoms with Crippen LogP contribution in [0.15, 0.2) is 54.6 Å². The van der Waals surface area contributed by atoms with Gasteiger partial charge in [-0.25, -0.2) is 4.79 Å². The van der Waals surface area contributed by atoms with Gasteiger partial charge in [0.15, 0.2) is 17.3 Å². The molecule has 0 aliphatic carbocycles. The van der Waals surface area contributed by atoms with Gasteiger partial charge in [0.05, 0.1) is 6.54 Å². The molecule has 2 aromatic carbocycles. The van der Waals surface area contributed by atoms with E-state index in [1.165, 1.54) is 0 Å². The van der Waals surface area contributed by atoms with Crippen molar-refractivity contribution in [2.45, 2.75) is 32.7 Å². The first-order valence-electron chi connectivity index (χ1n) is 11.1. The molecule has 2 aliphatic rings. The van der Waals surface area contributed by atoms with E-state index in [9.17, 15) is 14.4 Å². The number of imide groups is 1. The Balaban J connectivity index is 1.35. The number of nitrogens with one attached hydrogen (secondary N) is 1. The maximum atomic E-state index is 13.3. The van der Waals surface area contributed by atoms with Crippen LogP contribution in [0.2, 0.25) is 0 Å². The van der Waals surface area contributed by atoms with Crippen LogP contribution >= 0.6 is 0 Å². The van der Waals surface area contributed by atoms with Crippen LogP contribution in [-0.2, 0) is 11.2 Å². The highest BCUT2D eigenvalue weighted by molar-refractivity contribution is 6.11. The Hall–Kier alpha value is -4.07. The number of aromatic nitrogens is 1. The highest BCUT2D eigenvalue weighted by Gasteiger charge is 2.48. The molecule has 8 heteroatoms. The summed E-state index contributed by atoms with van der Waals surface area (Å²) >= 11 is 0. The van der Waals surface area contributed by atoms with Crippen molar-refractivity contribution in [1.29, 1.82) is 0 Å². The van der Waals surface area contributed by atoms with Gasteiger partial charge in [-0.2, -0.15) is 0 Å². The lowest BCUT2D eigenvalue weighted by Crippen LogP contribution is -2.46. The number of carbonyl (C=O) groups is 3. The van der Waals surface area contributed by atoms with Gasteiger partial charge in [0, 0.05) is 29.1 Å². The first-order valence-corrected chi connectivity index (χ1v) is 11.1. The summed E-state index contributed by atoms with van der Waals surface area (Å²) in [7, 11) is 0. The molecule has 3 amide bonds. The number of Topliss-reactive ketones (excluding diaryl/α,β-unsaturated/α-hetero) is 1. The summed E-state index contributed by atoms with van der Waals surface area (Å²) in [6.07, 6.45) is 0.265. The molecule has 3 aromatic rings. The van der Waals surface area contributed by atoms with Crippen LogP contribution in [0, 0.1) is 13.8 Å². The van der Waals surface area contributed by atoms with Crippen molar-refractivity contribution in [3.05, 3.63) is 77.1 Å². The van der Waals surface area contributed by atoms with Gasteiger partial charge in [-0.1, -0.05) is 24.3 Å². The number of urea groups is 1. The molecule has 1 aromatic heterocycles. The maximum absolute atomic E-state index is 13.3. The van der Waals surface area contributed by atoms with Crippen molar-refractivity contribution in [3.63, 3.8) is 0 Å². The minimum Gasteiger partial charge on any atom is -0.454 e. The largest absolute Gasteiger partial charge is 0.454 e. The second-order valence-electron chi connectivity index (χ2n) is 8.90. The van der Waals surface area contributed by atoms with Gasteiger partial charge < -0.3 is 19.4 Å². The molecule has 3 heterocycles. The van der Waals surface area contributed by atoms with Crippen LogP contribution < -0.4 is 14.8 Å². The maximum Gasteiger partial charge on any atom is 0.325 e. The number of ether oxygens (including phenoxy) is 2. The number of hydrogen-bond acceptors (Lipinski definition) is 5. The predicted octanol–water partition coefficient (Wildman–Crippen LogP) is 3.56. The molecule has 0 spiro atoms. The average molecular weight is 460 g/mol. The normalized spacial score (nSPS) is 19.0. The fraction of sp³-hybridized carbons (Fsp3) is 0.269. The lowest BCUT2D eigenvalue weighted by Gasteiger charge is -2.21. The minimum atomic E-state index is -1.16. The van der Waals surface area contributed by atoms with Gasteiger partial charge in [-0.3, -0.25) is 14.5 Å². The number of rotatable bonds is 6. The van der Waals surface area contributed by atoms with Gasteiger partial charge >= 0.3 is 6.03 Å². The lowest BCUT2D eigenvalue weighted by molar-refractivity contribution is -0.130.